The number of methoxy groups -OCH3 is 1. The van der Waals surface area contributed by atoms with Crippen molar-refractivity contribution in [1.82, 2.24) is 0 Å². The Hall–Kier alpha value is -0.410. The minimum Gasteiger partial charge on any atom is -0.363 e. The van der Waals surface area contributed by atoms with E-state index in [-0.39, 0.29) is 0 Å². The highest BCUT2D eigenvalue weighted by atomic mass is 79.9. The fourth-order valence-electron chi connectivity index (χ4n) is 1.38. The van der Waals surface area contributed by atoms with Gasteiger partial charge >= 0.3 is 0 Å². The predicted octanol–water partition coefficient (Wildman–Crippen LogP) is 2.59. The van der Waals surface area contributed by atoms with Gasteiger partial charge in [0.05, 0.1) is 0 Å². The Kier molecular flexibility index (Phi) is 3.45. The Bertz CT molecular complexity index is 268. The van der Waals surface area contributed by atoms with Crippen molar-refractivity contribution < 1.29 is 9.53 Å². The van der Waals surface area contributed by atoms with E-state index in [1.54, 1.807) is 7.11 Å². The van der Waals surface area contributed by atoms with Crippen LogP contribution in [0.4, 0.5) is 0 Å². The Morgan fingerprint density at radius 2 is 2.46 bits per heavy atom. The molecule has 72 valence electrons. The van der Waals surface area contributed by atoms with E-state index in [0.717, 1.165) is 30.3 Å². The summed E-state index contributed by atoms with van der Waals surface area (Å²) in [6.07, 6.45) is 6.21. The number of carbonyl (C=O) groups is 1. The Morgan fingerprint density at radius 3 is 2.92 bits per heavy atom. The number of ether oxygens (including phenoxy) is 1. The molecule has 13 heavy (non-hydrogen) atoms. The molecule has 0 amide bonds. The molecule has 2 nitrogen and oxygen atoms in total. The third-order valence-electron chi connectivity index (χ3n) is 2.27. The van der Waals surface area contributed by atoms with Crippen LogP contribution < -0.4 is 0 Å². The van der Waals surface area contributed by atoms with E-state index in [1.807, 2.05) is 19.1 Å². The van der Waals surface area contributed by atoms with Gasteiger partial charge in [0.2, 0.25) is 0 Å². The number of alkyl halides is 1. The smallest absolute Gasteiger partial charge is 0.149 e. The molecule has 0 bridgehead atoms. The molecule has 3 heteroatoms. The van der Waals surface area contributed by atoms with Gasteiger partial charge in [-0.1, -0.05) is 18.6 Å². The summed E-state index contributed by atoms with van der Waals surface area (Å²) >= 11 is 3.47. The second-order valence-electron chi connectivity index (χ2n) is 3.03. The highest BCUT2D eigenvalue weighted by molar-refractivity contribution is 9.10. The molecule has 0 saturated heterocycles. The maximum Gasteiger partial charge on any atom is 0.149 e. The fourth-order valence-corrected chi connectivity index (χ4v) is 1.85. The number of allylic oxidation sites excluding steroid dienone is 2. The van der Waals surface area contributed by atoms with Gasteiger partial charge in [-0.3, -0.25) is 4.79 Å². The van der Waals surface area contributed by atoms with Gasteiger partial charge in [-0.05, 0) is 28.4 Å². The molecular weight excluding hydrogens is 232 g/mol. The van der Waals surface area contributed by atoms with Gasteiger partial charge < -0.3 is 4.74 Å². The number of rotatable bonds is 3. The van der Waals surface area contributed by atoms with E-state index in [4.69, 9.17) is 4.74 Å². The van der Waals surface area contributed by atoms with Gasteiger partial charge in [0.25, 0.3) is 0 Å². The van der Waals surface area contributed by atoms with Gasteiger partial charge in [0, 0.05) is 19.1 Å². The lowest BCUT2D eigenvalue weighted by Crippen LogP contribution is -2.24. The van der Waals surface area contributed by atoms with Crippen LogP contribution in [0.2, 0.25) is 0 Å². The molecule has 1 atom stereocenters. The lowest BCUT2D eigenvalue weighted by molar-refractivity contribution is -0.104. The highest BCUT2D eigenvalue weighted by Crippen LogP contribution is 2.35. The second-order valence-corrected chi connectivity index (χ2v) is 4.37. The van der Waals surface area contributed by atoms with Crippen LogP contribution in [-0.4, -0.2) is 17.9 Å². The molecule has 1 unspecified atom stereocenters. The summed E-state index contributed by atoms with van der Waals surface area (Å²) in [5.74, 6) is 0. The normalized spacial score (nSPS) is 27.9. The van der Waals surface area contributed by atoms with Gasteiger partial charge in [-0.25, -0.2) is 0 Å². The van der Waals surface area contributed by atoms with E-state index in [1.165, 1.54) is 0 Å². The quantitative estimate of drug-likeness (QED) is 0.564. The molecule has 0 aromatic heterocycles. The van der Waals surface area contributed by atoms with E-state index < -0.39 is 4.51 Å². The minimum absolute atomic E-state index is 0.412. The third kappa shape index (κ3) is 2.29. The van der Waals surface area contributed by atoms with Crippen molar-refractivity contribution in [1.29, 1.82) is 0 Å². The van der Waals surface area contributed by atoms with Gasteiger partial charge in [-0.15, -0.1) is 0 Å². The van der Waals surface area contributed by atoms with Gasteiger partial charge in [0.15, 0.2) is 0 Å². The molecule has 1 rings (SSSR count). The topological polar surface area (TPSA) is 26.3 Å². The molecule has 0 saturated carbocycles. The number of carbonyl (C=O) groups excluding carboxylic acids is 1. The highest BCUT2D eigenvalue weighted by Gasteiger charge is 2.27. The molecule has 1 aliphatic rings. The molecule has 0 spiro atoms. The lowest BCUT2D eigenvalue weighted by atomic mass is 9.94. The zero-order chi connectivity index (χ0) is 9.90. The van der Waals surface area contributed by atoms with E-state index in [0.29, 0.717) is 0 Å². The van der Waals surface area contributed by atoms with Gasteiger partial charge in [-0.2, -0.15) is 0 Å². The molecule has 0 aromatic carbocycles. The first-order valence-electron chi connectivity index (χ1n) is 4.25. The summed E-state index contributed by atoms with van der Waals surface area (Å²) in [5.41, 5.74) is 1.92. The maximum absolute atomic E-state index is 10.7. The van der Waals surface area contributed by atoms with Crippen LogP contribution in [-0.2, 0) is 9.53 Å². The average Bonchev–Trinajstić information content (AvgIpc) is 2.18. The van der Waals surface area contributed by atoms with Crippen LogP contribution in [0, 0.1) is 0 Å². The summed E-state index contributed by atoms with van der Waals surface area (Å²) in [6, 6.07) is 0. The lowest BCUT2D eigenvalue weighted by Gasteiger charge is -2.27. The summed E-state index contributed by atoms with van der Waals surface area (Å²) in [5, 5.41) is 0. The molecule has 0 heterocycles. The van der Waals surface area contributed by atoms with E-state index in [9.17, 15) is 4.79 Å². The maximum atomic E-state index is 10.7. The summed E-state index contributed by atoms with van der Waals surface area (Å²) in [6.45, 7) is 2.04. The zero-order valence-electron chi connectivity index (χ0n) is 7.84. The zero-order valence-corrected chi connectivity index (χ0v) is 9.43. The molecule has 0 radical (unpaired) electrons. The molecule has 1 aliphatic carbocycles. The largest absolute Gasteiger partial charge is 0.363 e. The number of halogens is 1. The second kappa shape index (κ2) is 4.20. The SMILES string of the molecule is CCC1=C(C=O)C=CC(Br)(OC)C1. The predicted molar refractivity (Wildman–Crippen MR) is 55.8 cm³/mol. The van der Waals surface area contributed by atoms with Crippen molar-refractivity contribution in [2.45, 2.75) is 24.3 Å². The summed E-state index contributed by atoms with van der Waals surface area (Å²) < 4.78 is 4.87. The van der Waals surface area contributed by atoms with Crippen molar-refractivity contribution in [3.63, 3.8) is 0 Å². The molecular formula is C10H13BrO2. The minimum atomic E-state index is -0.412. The molecule has 0 aliphatic heterocycles. The van der Waals surface area contributed by atoms with Crippen LogP contribution >= 0.6 is 15.9 Å². The van der Waals surface area contributed by atoms with Crippen molar-refractivity contribution in [3.05, 3.63) is 23.3 Å². The standard InChI is InChI=1S/C10H13BrO2/c1-3-8-6-10(11,13-2)5-4-9(8)7-12/h4-5,7H,3,6H2,1-2H3. The van der Waals surface area contributed by atoms with Crippen LogP contribution in [0.25, 0.3) is 0 Å². The summed E-state index contributed by atoms with van der Waals surface area (Å²) in [7, 11) is 1.65. The summed E-state index contributed by atoms with van der Waals surface area (Å²) in [4.78, 5) is 10.7. The van der Waals surface area contributed by atoms with Crippen LogP contribution in [0.5, 0.6) is 0 Å². The Morgan fingerprint density at radius 1 is 1.77 bits per heavy atom. The first-order valence-corrected chi connectivity index (χ1v) is 5.05. The van der Waals surface area contributed by atoms with Crippen molar-refractivity contribution >= 4 is 22.2 Å². The van der Waals surface area contributed by atoms with E-state index in [2.05, 4.69) is 15.9 Å². The number of aldehydes is 1. The Labute approximate surface area is 86.8 Å². The number of hydrogen-bond acceptors (Lipinski definition) is 2. The Balaban J connectivity index is 2.92. The van der Waals surface area contributed by atoms with Crippen molar-refractivity contribution in [2.75, 3.05) is 7.11 Å². The van der Waals surface area contributed by atoms with Crippen molar-refractivity contribution in [2.24, 2.45) is 0 Å². The van der Waals surface area contributed by atoms with Crippen LogP contribution in [0.15, 0.2) is 23.3 Å². The van der Waals surface area contributed by atoms with Crippen LogP contribution in [0.1, 0.15) is 19.8 Å². The first-order chi connectivity index (χ1) is 6.15. The number of hydrogen-bond donors (Lipinski definition) is 0. The van der Waals surface area contributed by atoms with Crippen molar-refractivity contribution in [3.8, 4) is 0 Å². The monoisotopic (exact) mass is 244 g/mol. The molecule has 0 N–H and O–H groups in total. The van der Waals surface area contributed by atoms with E-state index >= 15 is 0 Å². The molecule has 0 aromatic rings. The van der Waals surface area contributed by atoms with Crippen LogP contribution in [0.3, 0.4) is 0 Å². The average molecular weight is 245 g/mol. The molecule has 0 fully saturated rings. The first kappa shape index (κ1) is 10.7. The third-order valence-corrected chi connectivity index (χ3v) is 3.14. The van der Waals surface area contributed by atoms with Gasteiger partial charge in [0.1, 0.15) is 10.8 Å². The fraction of sp³-hybridized carbons (Fsp3) is 0.500.